The maximum Gasteiger partial charge on any atom is 0.127 e. The summed E-state index contributed by atoms with van der Waals surface area (Å²) < 4.78 is 5.97. The molecule has 0 aliphatic carbocycles. The summed E-state index contributed by atoms with van der Waals surface area (Å²) in [5, 5.41) is 0. The molecule has 0 radical (unpaired) electrons. The number of hydrogen-bond donors (Lipinski definition) is 0. The van der Waals surface area contributed by atoms with Crippen molar-refractivity contribution < 1.29 is 4.74 Å². The Hall–Kier alpha value is -2.65. The molecular formula is C30H40N2O. The maximum atomic E-state index is 5.97. The molecule has 0 unspecified atom stereocenters. The van der Waals surface area contributed by atoms with Gasteiger partial charge >= 0.3 is 0 Å². The van der Waals surface area contributed by atoms with Crippen molar-refractivity contribution in [2.24, 2.45) is 0 Å². The lowest BCUT2D eigenvalue weighted by atomic mass is 9.94. The number of nitrogens with zero attached hydrogens (tertiary/aromatic N) is 2. The number of benzene rings is 2. The monoisotopic (exact) mass is 444 g/mol. The number of aryl methyl sites for hydroxylation is 3. The van der Waals surface area contributed by atoms with Gasteiger partial charge in [-0.05, 0) is 49.3 Å². The molecule has 0 amide bonds. The van der Waals surface area contributed by atoms with Crippen LogP contribution in [0.5, 0.6) is 5.75 Å². The second-order valence-corrected chi connectivity index (χ2v) is 8.79. The molecule has 0 fully saturated rings. The summed E-state index contributed by atoms with van der Waals surface area (Å²) in [4.78, 5) is 7.72. The first kappa shape index (κ1) is 25.0. The standard InChI is InChI=1S/C30H40N2O/c1-7-24-17-14-18-25(8-2)30(24)28-19-29(33-6)27(22(5)31-28)21-32(26(9-3)10-4)20-23-15-12-11-13-16-23/h11-19,26H,7-10,20-21H2,1-6H3. The van der Waals surface area contributed by atoms with Gasteiger partial charge < -0.3 is 4.74 Å². The van der Waals surface area contributed by atoms with Crippen molar-refractivity contribution in [3.8, 4) is 17.0 Å². The fraction of sp³-hybridized carbons (Fsp3) is 0.433. The van der Waals surface area contributed by atoms with Crippen LogP contribution in [0.15, 0.2) is 54.6 Å². The van der Waals surface area contributed by atoms with Crippen molar-refractivity contribution in [3.63, 3.8) is 0 Å². The minimum Gasteiger partial charge on any atom is -0.496 e. The molecule has 1 heterocycles. The first-order chi connectivity index (χ1) is 16.1. The molecule has 0 bridgehead atoms. The van der Waals surface area contributed by atoms with Crippen LogP contribution in [-0.2, 0) is 25.9 Å². The van der Waals surface area contributed by atoms with Gasteiger partial charge in [0.05, 0.1) is 12.8 Å². The van der Waals surface area contributed by atoms with Crippen molar-refractivity contribution in [1.82, 2.24) is 9.88 Å². The highest BCUT2D eigenvalue weighted by Crippen LogP contribution is 2.34. The molecule has 0 saturated carbocycles. The largest absolute Gasteiger partial charge is 0.496 e. The van der Waals surface area contributed by atoms with Crippen LogP contribution in [-0.4, -0.2) is 23.0 Å². The Kier molecular flexibility index (Phi) is 9.08. The zero-order chi connectivity index (χ0) is 23.8. The molecule has 3 nitrogen and oxygen atoms in total. The second kappa shape index (κ2) is 12.0. The molecule has 3 heteroatoms. The lowest BCUT2D eigenvalue weighted by Crippen LogP contribution is -2.34. The maximum absolute atomic E-state index is 5.97. The van der Waals surface area contributed by atoms with Gasteiger partial charge in [-0.1, -0.05) is 76.2 Å². The van der Waals surface area contributed by atoms with Gasteiger partial charge in [0.25, 0.3) is 0 Å². The Bertz CT molecular complexity index is 1000. The van der Waals surface area contributed by atoms with Crippen LogP contribution in [0, 0.1) is 6.92 Å². The van der Waals surface area contributed by atoms with Crippen LogP contribution < -0.4 is 4.74 Å². The minimum atomic E-state index is 0.515. The topological polar surface area (TPSA) is 25.4 Å². The fourth-order valence-corrected chi connectivity index (χ4v) is 4.88. The van der Waals surface area contributed by atoms with E-state index >= 15 is 0 Å². The van der Waals surface area contributed by atoms with E-state index in [0.29, 0.717) is 6.04 Å². The predicted molar refractivity (Wildman–Crippen MR) is 140 cm³/mol. The Balaban J connectivity index is 2.03. The fourth-order valence-electron chi connectivity index (χ4n) is 4.88. The van der Waals surface area contributed by atoms with Crippen molar-refractivity contribution in [1.29, 1.82) is 0 Å². The Labute approximate surface area is 200 Å². The zero-order valence-electron chi connectivity index (χ0n) is 21.3. The number of ether oxygens (including phenoxy) is 1. The third kappa shape index (κ3) is 5.83. The molecule has 3 aromatic rings. The van der Waals surface area contributed by atoms with E-state index in [0.717, 1.165) is 55.9 Å². The van der Waals surface area contributed by atoms with Crippen LogP contribution in [0.3, 0.4) is 0 Å². The Morgan fingerprint density at radius 1 is 0.848 bits per heavy atom. The predicted octanol–water partition coefficient (Wildman–Crippen LogP) is 7.38. The third-order valence-electron chi connectivity index (χ3n) is 6.81. The number of aromatic nitrogens is 1. The Morgan fingerprint density at radius 2 is 1.48 bits per heavy atom. The lowest BCUT2D eigenvalue weighted by molar-refractivity contribution is 0.165. The van der Waals surface area contributed by atoms with Crippen LogP contribution in [0.1, 0.15) is 68.5 Å². The van der Waals surface area contributed by atoms with Gasteiger partial charge in [0, 0.05) is 42.0 Å². The van der Waals surface area contributed by atoms with Crippen LogP contribution in [0.4, 0.5) is 0 Å². The number of hydrogen-bond acceptors (Lipinski definition) is 3. The summed E-state index contributed by atoms with van der Waals surface area (Å²) in [6, 6.07) is 20.0. The molecule has 0 saturated heterocycles. The second-order valence-electron chi connectivity index (χ2n) is 8.79. The Morgan fingerprint density at radius 3 is 2.03 bits per heavy atom. The van der Waals surface area contributed by atoms with E-state index < -0.39 is 0 Å². The van der Waals surface area contributed by atoms with Crippen LogP contribution in [0.25, 0.3) is 11.3 Å². The number of rotatable bonds is 11. The van der Waals surface area contributed by atoms with E-state index in [1.807, 2.05) is 0 Å². The average molecular weight is 445 g/mol. The summed E-state index contributed by atoms with van der Waals surface area (Å²) in [5.74, 6) is 0.939. The van der Waals surface area contributed by atoms with Gasteiger partial charge in [0.15, 0.2) is 0 Å². The van der Waals surface area contributed by atoms with Gasteiger partial charge in [-0.15, -0.1) is 0 Å². The third-order valence-corrected chi connectivity index (χ3v) is 6.81. The first-order valence-corrected chi connectivity index (χ1v) is 12.5. The minimum absolute atomic E-state index is 0.515. The molecular weight excluding hydrogens is 404 g/mol. The molecule has 0 aliphatic rings. The van der Waals surface area contributed by atoms with Crippen LogP contribution in [0.2, 0.25) is 0 Å². The van der Waals surface area contributed by atoms with E-state index in [1.54, 1.807) is 7.11 Å². The summed E-state index contributed by atoms with van der Waals surface area (Å²) in [5.41, 5.74) is 8.58. The van der Waals surface area contributed by atoms with Crippen molar-refractivity contribution in [2.45, 2.75) is 79.4 Å². The van der Waals surface area contributed by atoms with Crippen LogP contribution >= 0.6 is 0 Å². The molecule has 0 atom stereocenters. The average Bonchev–Trinajstić information content (AvgIpc) is 2.85. The quantitative estimate of drug-likeness (QED) is 0.308. The first-order valence-electron chi connectivity index (χ1n) is 12.5. The molecule has 2 aromatic carbocycles. The van der Waals surface area contributed by atoms with E-state index in [2.05, 4.69) is 94.1 Å². The van der Waals surface area contributed by atoms with Gasteiger partial charge in [-0.3, -0.25) is 9.88 Å². The highest BCUT2D eigenvalue weighted by atomic mass is 16.5. The van der Waals surface area contributed by atoms with Crippen molar-refractivity contribution >= 4 is 0 Å². The molecule has 0 spiro atoms. The lowest BCUT2D eigenvalue weighted by Gasteiger charge is -2.31. The number of pyridine rings is 1. The van der Waals surface area contributed by atoms with Gasteiger partial charge in [0.1, 0.15) is 5.75 Å². The van der Waals surface area contributed by atoms with Gasteiger partial charge in [-0.25, -0.2) is 0 Å². The highest BCUT2D eigenvalue weighted by Gasteiger charge is 2.21. The van der Waals surface area contributed by atoms with Crippen molar-refractivity contribution in [2.75, 3.05) is 7.11 Å². The van der Waals surface area contributed by atoms with E-state index in [9.17, 15) is 0 Å². The normalized spacial score (nSPS) is 11.4. The summed E-state index contributed by atoms with van der Waals surface area (Å²) in [6.07, 6.45) is 4.24. The summed E-state index contributed by atoms with van der Waals surface area (Å²) in [7, 11) is 1.78. The molecule has 0 N–H and O–H groups in total. The SMILES string of the molecule is CCc1cccc(CC)c1-c1cc(OC)c(CN(Cc2ccccc2)C(CC)CC)c(C)n1. The van der Waals surface area contributed by atoms with E-state index in [-0.39, 0.29) is 0 Å². The summed E-state index contributed by atoms with van der Waals surface area (Å²) in [6.45, 7) is 12.9. The molecule has 1 aromatic heterocycles. The molecule has 3 rings (SSSR count). The van der Waals surface area contributed by atoms with E-state index in [4.69, 9.17) is 9.72 Å². The van der Waals surface area contributed by atoms with Gasteiger partial charge in [0.2, 0.25) is 0 Å². The molecule has 176 valence electrons. The summed E-state index contributed by atoms with van der Waals surface area (Å²) >= 11 is 0. The number of methoxy groups -OCH3 is 1. The molecule has 0 aliphatic heterocycles. The van der Waals surface area contributed by atoms with Gasteiger partial charge in [-0.2, -0.15) is 0 Å². The highest BCUT2D eigenvalue weighted by molar-refractivity contribution is 5.70. The molecule has 33 heavy (non-hydrogen) atoms. The smallest absolute Gasteiger partial charge is 0.127 e. The van der Waals surface area contributed by atoms with Crippen molar-refractivity contribution in [3.05, 3.63) is 82.5 Å². The van der Waals surface area contributed by atoms with E-state index in [1.165, 1.54) is 27.8 Å². The zero-order valence-corrected chi connectivity index (χ0v) is 21.3.